The normalized spacial score (nSPS) is 12.3. The van der Waals surface area contributed by atoms with Gasteiger partial charge in [0.1, 0.15) is 6.04 Å². The van der Waals surface area contributed by atoms with E-state index >= 15 is 0 Å². The first-order chi connectivity index (χ1) is 22.7. The van der Waals surface area contributed by atoms with Crippen molar-refractivity contribution < 1.29 is 9.59 Å². The first-order valence-corrected chi connectivity index (χ1v) is 20.5. The van der Waals surface area contributed by atoms with Crippen LogP contribution in [0.2, 0.25) is 0 Å². The summed E-state index contributed by atoms with van der Waals surface area (Å²) in [5.41, 5.74) is 0. The summed E-state index contributed by atoms with van der Waals surface area (Å²) in [5.74, 6) is 0.00504. The van der Waals surface area contributed by atoms with Crippen LogP contribution in [0.1, 0.15) is 220 Å². The Hall–Kier alpha value is -1.58. The molecule has 4 heteroatoms. The minimum absolute atomic E-state index is 0.0299. The van der Waals surface area contributed by atoms with Crippen LogP contribution in [0.4, 0.5) is 0 Å². The van der Waals surface area contributed by atoms with E-state index in [4.69, 9.17) is 0 Å². The number of amides is 2. The van der Waals surface area contributed by atoms with Crippen LogP contribution in [0.15, 0.2) is 24.3 Å². The third kappa shape index (κ3) is 33.8. The third-order valence-electron chi connectivity index (χ3n) is 9.17. The fourth-order valence-corrected chi connectivity index (χ4v) is 6.14. The molecule has 0 heterocycles. The van der Waals surface area contributed by atoms with E-state index in [1.54, 1.807) is 0 Å². The summed E-state index contributed by atoms with van der Waals surface area (Å²) >= 11 is 0. The molecule has 0 aliphatic rings. The van der Waals surface area contributed by atoms with E-state index in [1.165, 1.54) is 154 Å². The second-order valence-corrected chi connectivity index (χ2v) is 13.8. The van der Waals surface area contributed by atoms with Crippen molar-refractivity contribution in [1.29, 1.82) is 0 Å². The van der Waals surface area contributed by atoms with Crippen LogP contribution >= 0.6 is 0 Å². The summed E-state index contributed by atoms with van der Waals surface area (Å²) in [4.78, 5) is 25.1. The van der Waals surface area contributed by atoms with E-state index in [-0.39, 0.29) is 17.9 Å². The van der Waals surface area contributed by atoms with Gasteiger partial charge in [-0.2, -0.15) is 0 Å². The molecule has 0 aromatic heterocycles. The molecule has 0 spiro atoms. The number of allylic oxidation sites excluding steroid dienone is 4. The molecule has 1 unspecified atom stereocenters. The molecule has 4 nitrogen and oxygen atoms in total. The van der Waals surface area contributed by atoms with Gasteiger partial charge in [0.15, 0.2) is 0 Å². The maximum absolute atomic E-state index is 12.6. The minimum Gasteiger partial charge on any atom is -0.355 e. The van der Waals surface area contributed by atoms with Gasteiger partial charge in [0.2, 0.25) is 11.8 Å². The predicted octanol–water partition coefficient (Wildman–Crippen LogP) is 12.9. The van der Waals surface area contributed by atoms with Crippen LogP contribution in [0.5, 0.6) is 0 Å². The van der Waals surface area contributed by atoms with Crippen molar-refractivity contribution >= 4 is 11.8 Å². The molecule has 2 N–H and O–H groups in total. The Balaban J connectivity index is 3.74. The maximum atomic E-state index is 12.6. The fraction of sp³-hybridized carbons (Fsp3) is 0.857. The average molecular weight is 645 g/mol. The molecule has 0 saturated carbocycles. The van der Waals surface area contributed by atoms with Gasteiger partial charge in [-0.25, -0.2) is 0 Å². The molecule has 1 atom stereocenters. The lowest BCUT2D eigenvalue weighted by atomic mass is 10.0. The van der Waals surface area contributed by atoms with Gasteiger partial charge >= 0.3 is 0 Å². The van der Waals surface area contributed by atoms with Gasteiger partial charge in [-0.1, -0.05) is 167 Å². The van der Waals surface area contributed by atoms with E-state index in [9.17, 15) is 9.59 Å². The number of hydrogen-bond donors (Lipinski definition) is 2. The molecule has 0 aliphatic carbocycles. The summed E-state index contributed by atoms with van der Waals surface area (Å²) in [6.45, 7) is 7.09. The van der Waals surface area contributed by atoms with Crippen molar-refractivity contribution in [3.05, 3.63) is 24.3 Å². The lowest BCUT2D eigenvalue weighted by Gasteiger charge is -2.18. The zero-order valence-corrected chi connectivity index (χ0v) is 31.3. The van der Waals surface area contributed by atoms with E-state index in [0.29, 0.717) is 13.0 Å². The first-order valence-electron chi connectivity index (χ1n) is 20.5. The van der Waals surface area contributed by atoms with Gasteiger partial charge in [-0.3, -0.25) is 9.59 Å². The number of nitrogens with one attached hydrogen (secondary N) is 2. The molecule has 0 rings (SSSR count). The second-order valence-electron chi connectivity index (χ2n) is 13.8. The Labute approximate surface area is 288 Å². The van der Waals surface area contributed by atoms with E-state index in [1.807, 2.05) is 6.92 Å². The van der Waals surface area contributed by atoms with Crippen LogP contribution in [0.3, 0.4) is 0 Å². The van der Waals surface area contributed by atoms with Gasteiger partial charge in [-0.05, 0) is 71.1 Å². The van der Waals surface area contributed by atoms with E-state index in [0.717, 1.165) is 38.5 Å². The van der Waals surface area contributed by atoms with Crippen molar-refractivity contribution in [1.82, 2.24) is 10.6 Å². The van der Waals surface area contributed by atoms with E-state index < -0.39 is 0 Å². The Kier molecular flexibility index (Phi) is 36.6. The zero-order valence-electron chi connectivity index (χ0n) is 31.3. The van der Waals surface area contributed by atoms with Gasteiger partial charge in [0.25, 0.3) is 0 Å². The largest absolute Gasteiger partial charge is 0.355 e. The highest BCUT2D eigenvalue weighted by atomic mass is 16.2. The van der Waals surface area contributed by atoms with Crippen molar-refractivity contribution in [2.75, 3.05) is 6.54 Å². The predicted molar refractivity (Wildman–Crippen MR) is 203 cm³/mol. The Morgan fingerprint density at radius 2 is 0.804 bits per heavy atom. The van der Waals surface area contributed by atoms with Crippen LogP contribution in [-0.4, -0.2) is 24.4 Å². The first kappa shape index (κ1) is 44.4. The smallest absolute Gasteiger partial charge is 0.242 e. The molecule has 46 heavy (non-hydrogen) atoms. The molecule has 0 saturated heterocycles. The Morgan fingerprint density at radius 1 is 0.457 bits per heavy atom. The number of likely N-dealkylation sites (N-methyl/N-ethyl adjacent to an activating group) is 1. The minimum atomic E-state index is -0.388. The number of hydrogen-bond acceptors (Lipinski definition) is 2. The van der Waals surface area contributed by atoms with Gasteiger partial charge in [0, 0.05) is 13.0 Å². The van der Waals surface area contributed by atoms with Crippen LogP contribution in [0.25, 0.3) is 0 Å². The Morgan fingerprint density at radius 3 is 1.20 bits per heavy atom. The lowest BCUT2D eigenvalue weighted by molar-refractivity contribution is -0.129. The van der Waals surface area contributed by atoms with E-state index in [2.05, 4.69) is 48.8 Å². The lowest BCUT2D eigenvalue weighted by Crippen LogP contribution is -2.46. The summed E-state index contributed by atoms with van der Waals surface area (Å²) in [5, 5.41) is 5.95. The molecule has 0 aromatic rings. The molecule has 0 radical (unpaired) electrons. The molecule has 2 amide bonds. The van der Waals surface area contributed by atoms with Crippen molar-refractivity contribution in [2.45, 2.75) is 226 Å². The summed E-state index contributed by atoms with van der Waals surface area (Å²) < 4.78 is 0. The van der Waals surface area contributed by atoms with Gasteiger partial charge in [-0.15, -0.1) is 0 Å². The summed E-state index contributed by atoms with van der Waals surface area (Å²) in [6.07, 6.45) is 47.9. The van der Waals surface area contributed by atoms with Gasteiger partial charge in [0.05, 0.1) is 0 Å². The van der Waals surface area contributed by atoms with Gasteiger partial charge < -0.3 is 10.6 Å². The monoisotopic (exact) mass is 645 g/mol. The molecular weight excluding hydrogens is 564 g/mol. The molecule has 0 aliphatic heterocycles. The number of unbranched alkanes of at least 4 members (excludes halogenated alkanes) is 25. The van der Waals surface area contributed by atoms with Crippen molar-refractivity contribution in [2.24, 2.45) is 0 Å². The van der Waals surface area contributed by atoms with Crippen LogP contribution in [0, 0.1) is 0 Å². The Bertz CT molecular complexity index is 702. The number of carbonyl (C=O) groups is 2. The average Bonchev–Trinajstić information content (AvgIpc) is 3.05. The highest BCUT2D eigenvalue weighted by Gasteiger charge is 2.19. The maximum Gasteiger partial charge on any atom is 0.242 e. The SMILES string of the molecule is CCCCCCCCC=CCCCCCCCCCCCC(=O)NC(CCCCCCC=CCCCCCCCC)C(=O)NCC. The zero-order chi connectivity index (χ0) is 33.6. The summed E-state index contributed by atoms with van der Waals surface area (Å²) in [7, 11) is 0. The third-order valence-corrected chi connectivity index (χ3v) is 9.17. The number of carbonyl (C=O) groups excluding carboxylic acids is 2. The number of rotatable bonds is 36. The molecule has 270 valence electrons. The standard InChI is InChI=1S/C42H80N2O2/c1-4-7-9-11-13-15-17-19-21-22-23-24-25-27-29-31-33-35-37-39-41(45)44-40(42(46)43-6-3)38-36-34-32-30-28-26-20-18-16-14-12-10-8-5-2/h19-21,26,40H,4-18,22-25,27-39H2,1-3H3,(H,43,46)(H,44,45). The highest BCUT2D eigenvalue weighted by Crippen LogP contribution is 2.14. The second kappa shape index (κ2) is 37.9. The summed E-state index contributed by atoms with van der Waals surface area (Å²) in [6, 6.07) is -0.388. The molecule has 0 fully saturated rings. The molecular formula is C42H80N2O2. The van der Waals surface area contributed by atoms with Crippen LogP contribution in [-0.2, 0) is 9.59 Å². The molecule has 0 aromatic carbocycles. The van der Waals surface area contributed by atoms with Crippen molar-refractivity contribution in [3.63, 3.8) is 0 Å². The van der Waals surface area contributed by atoms with Crippen LogP contribution < -0.4 is 10.6 Å². The fourth-order valence-electron chi connectivity index (χ4n) is 6.14. The molecule has 0 bridgehead atoms. The quantitative estimate of drug-likeness (QED) is 0.0526. The topological polar surface area (TPSA) is 58.2 Å². The highest BCUT2D eigenvalue weighted by molar-refractivity contribution is 5.87. The van der Waals surface area contributed by atoms with Crippen molar-refractivity contribution in [3.8, 4) is 0 Å².